The lowest BCUT2D eigenvalue weighted by Crippen LogP contribution is -2.11. The van der Waals surface area contributed by atoms with Crippen LogP contribution in [0.15, 0.2) is 22.8 Å². The summed E-state index contributed by atoms with van der Waals surface area (Å²) in [7, 11) is 0. The molecule has 3 heteroatoms. The molecule has 11 heavy (non-hydrogen) atoms. The van der Waals surface area contributed by atoms with Crippen molar-refractivity contribution >= 4 is 0 Å². The topological polar surface area (TPSA) is 53.6 Å². The lowest BCUT2D eigenvalue weighted by molar-refractivity contribution is 0.0599. The smallest absolute Gasteiger partial charge is 0.132 e. The molecule has 0 aromatic carbocycles. The van der Waals surface area contributed by atoms with Gasteiger partial charge in [-0.1, -0.05) is 6.92 Å². The first-order chi connectivity index (χ1) is 5.25. The van der Waals surface area contributed by atoms with Gasteiger partial charge < -0.3 is 14.6 Å². The van der Waals surface area contributed by atoms with E-state index < -0.39 is 6.10 Å². The van der Waals surface area contributed by atoms with Gasteiger partial charge in [0.1, 0.15) is 11.9 Å². The van der Waals surface area contributed by atoms with E-state index in [1.807, 2.05) is 0 Å². The van der Waals surface area contributed by atoms with Crippen LogP contribution in [0.3, 0.4) is 0 Å². The summed E-state index contributed by atoms with van der Waals surface area (Å²) in [5.41, 5.74) is 0. The molecule has 0 bridgehead atoms. The molecule has 0 aliphatic rings. The van der Waals surface area contributed by atoms with E-state index in [-0.39, 0.29) is 12.5 Å². The largest absolute Gasteiger partial charge is 0.467 e. The zero-order valence-electron chi connectivity index (χ0n) is 6.40. The Bertz CT molecular complexity index is 193. The average molecular weight is 156 g/mol. The van der Waals surface area contributed by atoms with Crippen molar-refractivity contribution in [2.75, 3.05) is 6.61 Å². The van der Waals surface area contributed by atoms with Crippen LogP contribution < -0.4 is 0 Å². The molecule has 1 aromatic rings. The van der Waals surface area contributed by atoms with Crippen molar-refractivity contribution < 1.29 is 14.6 Å². The van der Waals surface area contributed by atoms with Gasteiger partial charge in [-0.25, -0.2) is 0 Å². The molecule has 0 fully saturated rings. The molecule has 0 unspecified atom stereocenters. The maximum Gasteiger partial charge on any atom is 0.132 e. The standard InChI is InChI=1S/C8H12O3/c1-6(5-9)8(10)7-3-2-4-11-7/h2-4,6,8-10H,5H2,1H3/t6-,8-/m0/s1. The first-order valence-corrected chi connectivity index (χ1v) is 3.58. The first kappa shape index (κ1) is 8.30. The number of hydrogen-bond acceptors (Lipinski definition) is 3. The number of hydrogen-bond donors (Lipinski definition) is 2. The van der Waals surface area contributed by atoms with Crippen LogP contribution in [0.5, 0.6) is 0 Å². The second kappa shape index (κ2) is 3.55. The van der Waals surface area contributed by atoms with E-state index in [9.17, 15) is 5.11 Å². The summed E-state index contributed by atoms with van der Waals surface area (Å²) in [6.45, 7) is 1.72. The van der Waals surface area contributed by atoms with E-state index in [0.717, 1.165) is 0 Å². The highest BCUT2D eigenvalue weighted by Gasteiger charge is 2.17. The summed E-state index contributed by atoms with van der Waals surface area (Å²) in [5.74, 6) is 0.327. The first-order valence-electron chi connectivity index (χ1n) is 3.58. The van der Waals surface area contributed by atoms with E-state index in [1.165, 1.54) is 6.26 Å². The Balaban J connectivity index is 2.62. The van der Waals surface area contributed by atoms with E-state index in [0.29, 0.717) is 5.76 Å². The summed E-state index contributed by atoms with van der Waals surface area (Å²) < 4.78 is 4.96. The molecule has 0 aliphatic heterocycles. The zero-order valence-corrected chi connectivity index (χ0v) is 6.40. The van der Waals surface area contributed by atoms with Crippen molar-refractivity contribution in [3.05, 3.63) is 24.2 Å². The van der Waals surface area contributed by atoms with Crippen LogP contribution >= 0.6 is 0 Å². The van der Waals surface area contributed by atoms with Gasteiger partial charge in [-0.15, -0.1) is 0 Å². The minimum Gasteiger partial charge on any atom is -0.467 e. The number of aliphatic hydroxyl groups excluding tert-OH is 2. The Morgan fingerprint density at radius 3 is 2.82 bits per heavy atom. The molecule has 0 spiro atoms. The fourth-order valence-electron chi connectivity index (χ4n) is 0.840. The second-order valence-corrected chi connectivity index (χ2v) is 2.62. The predicted octanol–water partition coefficient (Wildman–Crippen LogP) is 0.941. The second-order valence-electron chi connectivity index (χ2n) is 2.62. The summed E-state index contributed by atoms with van der Waals surface area (Å²) in [6, 6.07) is 3.40. The van der Waals surface area contributed by atoms with E-state index in [2.05, 4.69) is 0 Å². The highest BCUT2D eigenvalue weighted by molar-refractivity contribution is 5.02. The molecule has 0 saturated carbocycles. The molecular formula is C8H12O3. The molecule has 3 nitrogen and oxygen atoms in total. The summed E-state index contributed by atoms with van der Waals surface area (Å²) in [4.78, 5) is 0. The fourth-order valence-corrected chi connectivity index (χ4v) is 0.840. The van der Waals surface area contributed by atoms with Crippen molar-refractivity contribution in [2.24, 2.45) is 5.92 Å². The number of rotatable bonds is 3. The molecule has 0 saturated heterocycles. The Hall–Kier alpha value is -0.800. The Morgan fingerprint density at radius 1 is 1.64 bits per heavy atom. The van der Waals surface area contributed by atoms with Gasteiger partial charge in [-0.3, -0.25) is 0 Å². The molecule has 0 aliphatic carbocycles. The average Bonchev–Trinajstić information content (AvgIpc) is 2.53. The molecule has 1 heterocycles. The zero-order chi connectivity index (χ0) is 8.27. The SMILES string of the molecule is C[C@@H](CO)[C@H](O)c1ccco1. The van der Waals surface area contributed by atoms with E-state index in [4.69, 9.17) is 9.52 Å². The molecule has 0 amide bonds. The van der Waals surface area contributed by atoms with Gasteiger partial charge in [-0.05, 0) is 12.1 Å². The molecule has 1 aromatic heterocycles. The molecule has 2 atom stereocenters. The van der Waals surface area contributed by atoms with E-state index in [1.54, 1.807) is 19.1 Å². The monoisotopic (exact) mass is 156 g/mol. The van der Waals surface area contributed by atoms with Crippen molar-refractivity contribution in [1.29, 1.82) is 0 Å². The van der Waals surface area contributed by atoms with Crippen molar-refractivity contribution in [3.8, 4) is 0 Å². The van der Waals surface area contributed by atoms with Gasteiger partial charge in [0.15, 0.2) is 0 Å². The van der Waals surface area contributed by atoms with Gasteiger partial charge >= 0.3 is 0 Å². The molecule has 2 N–H and O–H groups in total. The van der Waals surface area contributed by atoms with Crippen LogP contribution in [0, 0.1) is 5.92 Å². The van der Waals surface area contributed by atoms with Crippen molar-refractivity contribution in [2.45, 2.75) is 13.0 Å². The maximum atomic E-state index is 9.42. The van der Waals surface area contributed by atoms with Crippen LogP contribution in [0.1, 0.15) is 18.8 Å². The van der Waals surface area contributed by atoms with Gasteiger partial charge in [0, 0.05) is 12.5 Å². The summed E-state index contributed by atoms with van der Waals surface area (Å²) in [6.07, 6.45) is 0.804. The third-order valence-corrected chi connectivity index (χ3v) is 1.66. The minimum atomic E-state index is -0.699. The predicted molar refractivity (Wildman–Crippen MR) is 39.9 cm³/mol. The molecule has 1 rings (SSSR count). The van der Waals surface area contributed by atoms with Crippen LogP contribution in [-0.4, -0.2) is 16.8 Å². The Kier molecular flexibility index (Phi) is 2.68. The highest BCUT2D eigenvalue weighted by Crippen LogP contribution is 2.20. The van der Waals surface area contributed by atoms with Gasteiger partial charge in [0.25, 0.3) is 0 Å². The maximum absolute atomic E-state index is 9.42. The van der Waals surface area contributed by atoms with Crippen molar-refractivity contribution in [3.63, 3.8) is 0 Å². The van der Waals surface area contributed by atoms with Crippen LogP contribution in [0.4, 0.5) is 0 Å². The van der Waals surface area contributed by atoms with E-state index >= 15 is 0 Å². The van der Waals surface area contributed by atoms with Gasteiger partial charge in [0.2, 0.25) is 0 Å². The number of aliphatic hydroxyl groups is 2. The van der Waals surface area contributed by atoms with Crippen molar-refractivity contribution in [1.82, 2.24) is 0 Å². The lowest BCUT2D eigenvalue weighted by atomic mass is 10.0. The molecule has 0 radical (unpaired) electrons. The summed E-state index contributed by atoms with van der Waals surface area (Å²) >= 11 is 0. The molecular weight excluding hydrogens is 144 g/mol. The number of furan rings is 1. The van der Waals surface area contributed by atoms with Crippen LogP contribution in [0.25, 0.3) is 0 Å². The van der Waals surface area contributed by atoms with Crippen LogP contribution in [0.2, 0.25) is 0 Å². The Morgan fingerprint density at radius 2 is 2.36 bits per heavy atom. The highest BCUT2D eigenvalue weighted by atomic mass is 16.4. The summed E-state index contributed by atoms with van der Waals surface area (Å²) in [5, 5.41) is 18.1. The Labute approximate surface area is 65.3 Å². The van der Waals surface area contributed by atoms with Gasteiger partial charge in [-0.2, -0.15) is 0 Å². The van der Waals surface area contributed by atoms with Crippen LogP contribution in [-0.2, 0) is 0 Å². The third-order valence-electron chi connectivity index (χ3n) is 1.66. The fraction of sp³-hybridized carbons (Fsp3) is 0.500. The normalized spacial score (nSPS) is 16.3. The van der Waals surface area contributed by atoms with Gasteiger partial charge in [0.05, 0.1) is 6.26 Å². The molecule has 62 valence electrons. The third kappa shape index (κ3) is 1.82. The minimum absolute atomic E-state index is 0.0398. The quantitative estimate of drug-likeness (QED) is 0.684. The lowest BCUT2D eigenvalue weighted by Gasteiger charge is -2.12.